The summed E-state index contributed by atoms with van der Waals surface area (Å²) < 4.78 is 5.37. The molecule has 0 N–H and O–H groups in total. The highest BCUT2D eigenvalue weighted by atomic mass is 16.6. The zero-order valence-electron chi connectivity index (χ0n) is 14.6. The van der Waals surface area contributed by atoms with Gasteiger partial charge in [-0.15, -0.1) is 6.42 Å². The third-order valence-electron chi connectivity index (χ3n) is 3.01. The van der Waals surface area contributed by atoms with Gasteiger partial charge in [-0.25, -0.2) is 14.7 Å². The van der Waals surface area contributed by atoms with Gasteiger partial charge in [-0.05, 0) is 45.0 Å². The maximum atomic E-state index is 12.3. The molecule has 0 bridgehead atoms. The van der Waals surface area contributed by atoms with Crippen LogP contribution in [0.25, 0.3) is 0 Å². The molecule has 0 aliphatic heterocycles. The Hall–Kier alpha value is -3.24. The fourth-order valence-corrected chi connectivity index (χ4v) is 1.93. The van der Waals surface area contributed by atoms with Gasteiger partial charge < -0.3 is 4.74 Å². The molecule has 4 heteroatoms. The lowest BCUT2D eigenvalue weighted by Gasteiger charge is -2.25. The van der Waals surface area contributed by atoms with Crippen molar-refractivity contribution in [3.8, 4) is 24.2 Å². The number of carbonyl (C=O) groups is 1. The summed E-state index contributed by atoms with van der Waals surface area (Å²) in [4.78, 5) is 17.9. The first-order valence-corrected chi connectivity index (χ1v) is 7.86. The van der Waals surface area contributed by atoms with Crippen molar-refractivity contribution in [1.82, 2.24) is 4.98 Å². The van der Waals surface area contributed by atoms with Gasteiger partial charge in [0.25, 0.3) is 0 Å². The van der Waals surface area contributed by atoms with Gasteiger partial charge in [-0.2, -0.15) is 0 Å². The summed E-state index contributed by atoms with van der Waals surface area (Å²) in [5.74, 6) is 8.98. The maximum absolute atomic E-state index is 12.3. The molecule has 126 valence electrons. The topological polar surface area (TPSA) is 42.4 Å². The van der Waals surface area contributed by atoms with Crippen molar-refractivity contribution in [3.63, 3.8) is 0 Å². The van der Waals surface area contributed by atoms with Crippen LogP contribution in [-0.4, -0.2) is 23.2 Å². The Morgan fingerprint density at radius 3 is 2.36 bits per heavy atom. The van der Waals surface area contributed by atoms with Crippen LogP contribution in [-0.2, 0) is 4.74 Å². The van der Waals surface area contributed by atoms with Crippen LogP contribution >= 0.6 is 0 Å². The second-order valence-corrected chi connectivity index (χ2v) is 6.29. The predicted molar refractivity (Wildman–Crippen MR) is 99.1 cm³/mol. The average molecular weight is 332 g/mol. The Kier molecular flexibility index (Phi) is 5.82. The van der Waals surface area contributed by atoms with E-state index in [0.29, 0.717) is 5.82 Å². The summed E-state index contributed by atoms with van der Waals surface area (Å²) in [5, 5.41) is 0. The van der Waals surface area contributed by atoms with Gasteiger partial charge in [-0.1, -0.05) is 36.0 Å². The van der Waals surface area contributed by atoms with Crippen LogP contribution in [0.5, 0.6) is 0 Å². The monoisotopic (exact) mass is 332 g/mol. The van der Waals surface area contributed by atoms with Gasteiger partial charge in [0.15, 0.2) is 0 Å². The molecule has 0 atom stereocenters. The number of anilines is 1. The van der Waals surface area contributed by atoms with Crippen LogP contribution in [0.1, 0.15) is 31.9 Å². The second-order valence-electron chi connectivity index (χ2n) is 6.29. The van der Waals surface area contributed by atoms with Crippen molar-refractivity contribution in [2.45, 2.75) is 26.4 Å². The summed E-state index contributed by atoms with van der Waals surface area (Å²) in [6.07, 6.45) is 6.44. The minimum atomic E-state index is -0.606. The predicted octanol–water partition coefficient (Wildman–Crippen LogP) is 3.86. The standard InChI is InChI=1S/C21H20N2O2/c1-5-15-23(20(24)25-21(2,3)4)19-14-13-18(16-22-19)12-11-17-9-7-6-8-10-17/h1,6-10,13-14,16H,15H2,2-4H3. The summed E-state index contributed by atoms with van der Waals surface area (Å²) in [5.41, 5.74) is 1.07. The first-order chi connectivity index (χ1) is 11.9. The third kappa shape index (κ3) is 5.71. The number of benzene rings is 1. The van der Waals surface area contributed by atoms with Crippen LogP contribution in [0.2, 0.25) is 0 Å². The Morgan fingerprint density at radius 2 is 1.80 bits per heavy atom. The lowest BCUT2D eigenvalue weighted by atomic mass is 10.2. The fraction of sp³-hybridized carbons (Fsp3) is 0.238. The minimum Gasteiger partial charge on any atom is -0.443 e. The molecule has 0 unspecified atom stereocenters. The van der Waals surface area contributed by atoms with Gasteiger partial charge in [0.2, 0.25) is 0 Å². The molecule has 0 saturated heterocycles. The van der Waals surface area contributed by atoms with Crippen molar-refractivity contribution in [2.75, 3.05) is 11.4 Å². The molecule has 0 radical (unpaired) electrons. The van der Waals surface area contributed by atoms with Crippen LogP contribution < -0.4 is 4.90 Å². The number of rotatable bonds is 2. The molecule has 2 aromatic rings. The van der Waals surface area contributed by atoms with E-state index in [1.165, 1.54) is 4.90 Å². The highest BCUT2D eigenvalue weighted by molar-refractivity contribution is 5.87. The molecule has 4 nitrogen and oxygen atoms in total. The average Bonchev–Trinajstić information content (AvgIpc) is 2.58. The fourth-order valence-electron chi connectivity index (χ4n) is 1.93. The number of ether oxygens (including phenoxy) is 1. The van der Waals surface area contributed by atoms with Gasteiger partial charge in [0, 0.05) is 17.3 Å². The zero-order valence-corrected chi connectivity index (χ0v) is 14.6. The molecule has 1 heterocycles. The van der Waals surface area contributed by atoms with E-state index < -0.39 is 11.7 Å². The molecular formula is C21H20N2O2. The number of amides is 1. The number of pyridine rings is 1. The van der Waals surface area contributed by atoms with Crippen LogP contribution in [0.3, 0.4) is 0 Å². The van der Waals surface area contributed by atoms with Crippen molar-refractivity contribution < 1.29 is 9.53 Å². The second kappa shape index (κ2) is 8.04. The lowest BCUT2D eigenvalue weighted by molar-refractivity contribution is 0.0584. The molecular weight excluding hydrogens is 312 g/mol. The Labute approximate surface area is 148 Å². The zero-order chi connectivity index (χ0) is 18.3. The largest absolute Gasteiger partial charge is 0.443 e. The number of nitrogens with zero attached hydrogens (tertiary/aromatic N) is 2. The molecule has 0 fully saturated rings. The van der Waals surface area contributed by atoms with Crippen LogP contribution in [0.15, 0.2) is 48.7 Å². The van der Waals surface area contributed by atoms with Crippen molar-refractivity contribution in [3.05, 3.63) is 59.8 Å². The molecule has 2 rings (SSSR count). The van der Waals surface area contributed by atoms with E-state index in [4.69, 9.17) is 11.2 Å². The van der Waals surface area contributed by atoms with E-state index in [1.54, 1.807) is 39.1 Å². The Balaban J connectivity index is 2.17. The smallest absolute Gasteiger partial charge is 0.416 e. The number of aromatic nitrogens is 1. The first kappa shape index (κ1) is 18.1. The highest BCUT2D eigenvalue weighted by Crippen LogP contribution is 2.16. The number of carbonyl (C=O) groups excluding carboxylic acids is 1. The van der Waals surface area contributed by atoms with E-state index in [0.717, 1.165) is 11.1 Å². The van der Waals surface area contributed by atoms with E-state index in [-0.39, 0.29) is 6.54 Å². The van der Waals surface area contributed by atoms with Gasteiger partial charge >= 0.3 is 6.09 Å². The molecule has 0 spiro atoms. The summed E-state index contributed by atoms with van der Waals surface area (Å²) in [6.45, 7) is 5.48. The molecule has 1 amide bonds. The van der Waals surface area contributed by atoms with Crippen LogP contribution in [0.4, 0.5) is 10.6 Å². The molecule has 0 aliphatic carbocycles. The first-order valence-electron chi connectivity index (χ1n) is 7.86. The third-order valence-corrected chi connectivity index (χ3v) is 3.01. The minimum absolute atomic E-state index is 0.0803. The van der Waals surface area contributed by atoms with Crippen molar-refractivity contribution >= 4 is 11.9 Å². The van der Waals surface area contributed by atoms with E-state index in [2.05, 4.69) is 22.7 Å². The normalized spacial score (nSPS) is 10.2. The summed E-state index contributed by atoms with van der Waals surface area (Å²) >= 11 is 0. The molecule has 0 aliphatic rings. The van der Waals surface area contributed by atoms with E-state index >= 15 is 0 Å². The SMILES string of the molecule is C#CCN(C(=O)OC(C)(C)C)c1ccc(C#Cc2ccccc2)cn1. The highest BCUT2D eigenvalue weighted by Gasteiger charge is 2.23. The summed E-state index contributed by atoms with van der Waals surface area (Å²) in [6, 6.07) is 13.2. The molecule has 0 saturated carbocycles. The van der Waals surface area contributed by atoms with Gasteiger partial charge in [-0.3, -0.25) is 0 Å². The van der Waals surface area contributed by atoms with E-state index in [1.807, 2.05) is 30.3 Å². The Morgan fingerprint density at radius 1 is 1.12 bits per heavy atom. The molecule has 1 aromatic heterocycles. The van der Waals surface area contributed by atoms with Gasteiger partial charge in [0.05, 0.1) is 6.54 Å². The number of terminal acetylenes is 1. The number of hydrogen-bond donors (Lipinski definition) is 0. The Bertz CT molecular complexity index is 817. The molecule has 1 aromatic carbocycles. The van der Waals surface area contributed by atoms with Crippen LogP contribution in [0, 0.1) is 24.2 Å². The number of hydrogen-bond acceptors (Lipinski definition) is 3. The molecule has 25 heavy (non-hydrogen) atoms. The lowest BCUT2D eigenvalue weighted by Crippen LogP contribution is -2.37. The summed E-state index contributed by atoms with van der Waals surface area (Å²) in [7, 11) is 0. The maximum Gasteiger partial charge on any atom is 0.416 e. The van der Waals surface area contributed by atoms with E-state index in [9.17, 15) is 4.79 Å². The van der Waals surface area contributed by atoms with Crippen molar-refractivity contribution in [1.29, 1.82) is 0 Å². The van der Waals surface area contributed by atoms with Crippen molar-refractivity contribution in [2.24, 2.45) is 0 Å². The van der Waals surface area contributed by atoms with Gasteiger partial charge in [0.1, 0.15) is 11.4 Å². The quantitative estimate of drug-likeness (QED) is 0.784.